The second-order valence-corrected chi connectivity index (χ2v) is 11.8. The van der Waals surface area contributed by atoms with Crippen molar-refractivity contribution in [2.24, 2.45) is 11.7 Å². The maximum atomic E-state index is 14.8. The fourth-order valence-corrected chi connectivity index (χ4v) is 6.35. The lowest BCUT2D eigenvalue weighted by atomic mass is 10.0. The molecular formula is C34H34FN3O4. The van der Waals surface area contributed by atoms with Crippen molar-refractivity contribution in [1.29, 1.82) is 0 Å². The number of aromatic hydroxyl groups is 1. The second kappa shape index (κ2) is 10.2. The summed E-state index contributed by atoms with van der Waals surface area (Å²) in [7, 11) is 1.61. The lowest BCUT2D eigenvalue weighted by Gasteiger charge is -2.30. The molecule has 7 nitrogen and oxygen atoms in total. The Bertz CT molecular complexity index is 1850. The Morgan fingerprint density at radius 2 is 1.98 bits per heavy atom. The van der Waals surface area contributed by atoms with E-state index in [4.69, 9.17) is 14.9 Å². The first-order valence-corrected chi connectivity index (χ1v) is 14.6. The van der Waals surface area contributed by atoms with Gasteiger partial charge in [0.15, 0.2) is 17.3 Å². The average Bonchev–Trinajstić information content (AvgIpc) is 3.67. The van der Waals surface area contributed by atoms with Crippen LogP contribution in [0.25, 0.3) is 44.5 Å². The molecule has 0 spiro atoms. The van der Waals surface area contributed by atoms with Crippen LogP contribution in [0.4, 0.5) is 4.39 Å². The number of benzene rings is 3. The molecule has 2 aromatic heterocycles. The summed E-state index contributed by atoms with van der Waals surface area (Å²) >= 11 is 0. The molecule has 7 rings (SSSR count). The van der Waals surface area contributed by atoms with Gasteiger partial charge in [0.25, 0.3) is 5.91 Å². The summed E-state index contributed by atoms with van der Waals surface area (Å²) in [5.74, 6) is 0.810. The van der Waals surface area contributed by atoms with Gasteiger partial charge in [-0.3, -0.25) is 4.79 Å². The van der Waals surface area contributed by atoms with Crippen molar-refractivity contribution in [2.75, 3.05) is 20.2 Å². The monoisotopic (exact) mass is 567 g/mol. The van der Waals surface area contributed by atoms with Crippen LogP contribution >= 0.6 is 0 Å². The van der Waals surface area contributed by atoms with E-state index in [-0.39, 0.29) is 17.7 Å². The number of carbonyl (C=O) groups excluding carboxylic acids is 1. The first-order valence-electron chi connectivity index (χ1n) is 14.6. The van der Waals surface area contributed by atoms with Crippen LogP contribution < -0.4 is 10.5 Å². The largest absolute Gasteiger partial charge is 0.505 e. The molecule has 3 aromatic carbocycles. The zero-order valence-corrected chi connectivity index (χ0v) is 23.8. The van der Waals surface area contributed by atoms with Crippen molar-refractivity contribution in [3.05, 3.63) is 71.5 Å². The third-order valence-corrected chi connectivity index (χ3v) is 8.77. The number of hydrogen-bond donors (Lipinski definition) is 2. The van der Waals surface area contributed by atoms with Crippen LogP contribution in [0.5, 0.6) is 11.5 Å². The van der Waals surface area contributed by atoms with Crippen molar-refractivity contribution in [3.8, 4) is 34.1 Å². The Balaban J connectivity index is 1.36. The van der Waals surface area contributed by atoms with Gasteiger partial charge >= 0.3 is 0 Å². The van der Waals surface area contributed by atoms with Gasteiger partial charge < -0.3 is 29.5 Å². The molecule has 216 valence electrons. The van der Waals surface area contributed by atoms with Crippen LogP contribution in [0, 0.1) is 18.7 Å². The van der Waals surface area contributed by atoms with Crippen LogP contribution in [-0.4, -0.2) is 46.7 Å². The predicted molar refractivity (Wildman–Crippen MR) is 161 cm³/mol. The quantitative estimate of drug-likeness (QED) is 0.234. The van der Waals surface area contributed by atoms with Gasteiger partial charge in [-0.1, -0.05) is 24.3 Å². The van der Waals surface area contributed by atoms with Gasteiger partial charge in [0, 0.05) is 53.3 Å². The number of methoxy groups -OCH3 is 1. The summed E-state index contributed by atoms with van der Waals surface area (Å²) in [4.78, 5) is 15.3. The molecule has 3 N–H and O–H groups in total. The molecule has 1 amide bonds. The molecule has 42 heavy (non-hydrogen) atoms. The highest BCUT2D eigenvalue weighted by molar-refractivity contribution is 6.02. The normalized spacial score (nSPS) is 17.3. The number of ether oxygens (including phenoxy) is 1. The lowest BCUT2D eigenvalue weighted by Crippen LogP contribution is -2.45. The highest BCUT2D eigenvalue weighted by Gasteiger charge is 2.28. The number of aromatic nitrogens is 1. The number of nitrogens with zero attached hydrogens (tertiary/aromatic N) is 2. The molecule has 3 heterocycles. The van der Waals surface area contributed by atoms with Crippen LogP contribution in [-0.2, 0) is 6.54 Å². The standard InChI is InChI=1S/C34H34FN3O4/c1-19-31-29(41-2)15-23(34(40)37-12-4-5-24(36)18-37)16-30(31)42-33(19)27-14-22-11-10-21(25-6-3-7-28(39)32(25)35)13-26(22)38(27)17-20-8-9-20/h3,6-7,10-11,13-16,20,24,39H,4-5,8-9,12,17-18,36H2,1-2H3/t24-/m1/s1. The summed E-state index contributed by atoms with van der Waals surface area (Å²) in [5.41, 5.74) is 11.1. The molecule has 0 bridgehead atoms. The van der Waals surface area contributed by atoms with Gasteiger partial charge in [-0.2, -0.15) is 0 Å². The molecule has 8 heteroatoms. The van der Waals surface area contributed by atoms with E-state index in [1.807, 2.05) is 36.1 Å². The molecule has 5 aromatic rings. The number of halogens is 1. The van der Waals surface area contributed by atoms with E-state index in [2.05, 4.69) is 10.6 Å². The van der Waals surface area contributed by atoms with Gasteiger partial charge in [0.05, 0.1) is 18.2 Å². The van der Waals surface area contributed by atoms with Crippen LogP contribution in [0.15, 0.2) is 59.0 Å². The lowest BCUT2D eigenvalue weighted by molar-refractivity contribution is 0.0708. The Labute approximate surface area is 243 Å². The molecule has 2 fully saturated rings. The van der Waals surface area contributed by atoms with Crippen molar-refractivity contribution < 1.29 is 23.4 Å². The number of furan rings is 1. The van der Waals surface area contributed by atoms with Crippen LogP contribution in [0.2, 0.25) is 0 Å². The minimum Gasteiger partial charge on any atom is -0.505 e. The smallest absolute Gasteiger partial charge is 0.254 e. The van der Waals surface area contributed by atoms with Gasteiger partial charge in [0.2, 0.25) is 0 Å². The first kappa shape index (κ1) is 26.6. The Morgan fingerprint density at radius 3 is 2.74 bits per heavy atom. The number of piperidine rings is 1. The molecule has 0 unspecified atom stereocenters. The third kappa shape index (κ3) is 4.50. The molecule has 0 radical (unpaired) electrons. The van der Waals surface area contributed by atoms with E-state index < -0.39 is 5.82 Å². The summed E-state index contributed by atoms with van der Waals surface area (Å²) < 4.78 is 29.4. The SMILES string of the molecule is COc1cc(C(=O)N2CCC[C@@H](N)C2)cc2oc(-c3cc4ccc(-c5cccc(O)c5F)cc4n3CC3CC3)c(C)c12. The minimum atomic E-state index is -0.630. The molecule has 2 aliphatic rings. The van der Waals surface area contributed by atoms with Crippen LogP contribution in [0.3, 0.4) is 0 Å². The highest BCUT2D eigenvalue weighted by atomic mass is 19.1. The molecular weight excluding hydrogens is 533 g/mol. The van der Waals surface area contributed by atoms with Crippen molar-refractivity contribution in [3.63, 3.8) is 0 Å². The topological polar surface area (TPSA) is 93.9 Å². The van der Waals surface area contributed by atoms with E-state index in [1.54, 1.807) is 25.3 Å². The molecule has 1 aliphatic heterocycles. The van der Waals surface area contributed by atoms with Crippen molar-refractivity contribution in [1.82, 2.24) is 9.47 Å². The van der Waals surface area contributed by atoms with Gasteiger partial charge in [0.1, 0.15) is 11.3 Å². The number of amides is 1. The van der Waals surface area contributed by atoms with Gasteiger partial charge in [-0.15, -0.1) is 0 Å². The van der Waals surface area contributed by atoms with E-state index in [9.17, 15) is 14.3 Å². The molecule has 1 atom stereocenters. The number of hydrogen-bond acceptors (Lipinski definition) is 5. The highest BCUT2D eigenvalue weighted by Crippen LogP contribution is 2.43. The number of rotatable bonds is 6. The number of aryl methyl sites for hydroxylation is 1. The zero-order valence-electron chi connectivity index (χ0n) is 23.8. The van der Waals surface area contributed by atoms with Crippen LogP contribution in [0.1, 0.15) is 41.6 Å². The van der Waals surface area contributed by atoms with Gasteiger partial charge in [-0.25, -0.2) is 4.39 Å². The Kier molecular flexibility index (Phi) is 6.46. The summed E-state index contributed by atoms with van der Waals surface area (Å²) in [6.45, 7) is 4.06. The number of phenols is 1. The third-order valence-electron chi connectivity index (χ3n) is 8.77. The predicted octanol–water partition coefficient (Wildman–Crippen LogP) is 6.86. The number of likely N-dealkylation sites (tertiary alicyclic amines) is 1. The van der Waals surface area contributed by atoms with E-state index in [0.717, 1.165) is 52.7 Å². The molecule has 1 saturated heterocycles. The van der Waals surface area contributed by atoms with Gasteiger partial charge in [-0.05, 0) is 74.4 Å². The summed E-state index contributed by atoms with van der Waals surface area (Å²) in [5, 5.41) is 11.8. The van der Waals surface area contributed by atoms with E-state index >= 15 is 0 Å². The zero-order chi connectivity index (χ0) is 29.1. The number of fused-ring (bicyclic) bond motifs is 2. The number of nitrogens with two attached hydrogens (primary N) is 1. The van der Waals surface area contributed by atoms with Crippen molar-refractivity contribution >= 4 is 27.8 Å². The fraction of sp³-hybridized carbons (Fsp3) is 0.324. The molecule has 1 aliphatic carbocycles. The maximum Gasteiger partial charge on any atom is 0.254 e. The Hall–Kier alpha value is -4.30. The number of carbonyl (C=O) groups is 1. The van der Waals surface area contributed by atoms with Crippen molar-refractivity contribution in [2.45, 2.75) is 45.2 Å². The van der Waals surface area contributed by atoms with E-state index in [1.165, 1.54) is 18.9 Å². The average molecular weight is 568 g/mol. The number of phenolic OH excluding ortho intramolecular Hbond substituents is 1. The molecule has 1 saturated carbocycles. The maximum absolute atomic E-state index is 14.8. The van der Waals surface area contributed by atoms with E-state index in [0.29, 0.717) is 47.0 Å². The first-order chi connectivity index (χ1) is 20.3. The second-order valence-electron chi connectivity index (χ2n) is 11.8. The summed E-state index contributed by atoms with van der Waals surface area (Å²) in [6.07, 6.45) is 4.14. The Morgan fingerprint density at radius 1 is 1.14 bits per heavy atom. The fourth-order valence-electron chi connectivity index (χ4n) is 6.35. The summed E-state index contributed by atoms with van der Waals surface area (Å²) in [6, 6.07) is 16.2. The minimum absolute atomic E-state index is 0.0104.